The third-order valence-electron chi connectivity index (χ3n) is 16.2. The summed E-state index contributed by atoms with van der Waals surface area (Å²) in [6.07, 6.45) is 13.5. The Labute approximate surface area is 480 Å². The molecule has 12 aromatic rings. The fourth-order valence-electron chi connectivity index (χ4n) is 12.8. The van der Waals surface area contributed by atoms with Crippen LogP contribution in [0.2, 0.25) is 0 Å². The Balaban J connectivity index is 0.000000186. The van der Waals surface area contributed by atoms with Gasteiger partial charge in [-0.15, -0.1) is 69.6 Å². The molecule has 0 aromatic heterocycles. The summed E-state index contributed by atoms with van der Waals surface area (Å²) in [5.74, 6) is 1.68. The van der Waals surface area contributed by atoms with Gasteiger partial charge in [0.25, 0.3) is 0 Å². The zero-order valence-corrected chi connectivity index (χ0v) is 48.9. The van der Waals surface area contributed by atoms with E-state index in [9.17, 15) is 0 Å². The van der Waals surface area contributed by atoms with Crippen molar-refractivity contribution in [3.63, 3.8) is 0 Å². The maximum absolute atomic E-state index is 3.06. The molecule has 0 N–H and O–H groups in total. The molecule has 2 radical (unpaired) electrons. The Hall–Kier alpha value is -5.86. The quantitative estimate of drug-likeness (QED) is 0.105. The Morgan fingerprint density at radius 1 is 0.316 bits per heavy atom. The predicted molar refractivity (Wildman–Crippen MR) is 335 cm³/mol. The summed E-state index contributed by atoms with van der Waals surface area (Å²) in [7, 11) is 0. The molecule has 0 amide bonds. The molecule has 380 valence electrons. The van der Waals surface area contributed by atoms with Gasteiger partial charge >= 0.3 is 30.2 Å². The number of rotatable bonds is 8. The maximum atomic E-state index is 3.06. The van der Waals surface area contributed by atoms with Crippen molar-refractivity contribution in [2.75, 3.05) is 0 Å². The van der Waals surface area contributed by atoms with Crippen LogP contribution in [0.3, 0.4) is 0 Å². The minimum absolute atomic E-state index is 0. The summed E-state index contributed by atoms with van der Waals surface area (Å²) in [6.45, 7) is 3.06. The summed E-state index contributed by atoms with van der Waals surface area (Å²) in [5, 5.41) is 16.1. The molecule has 0 aliphatic heterocycles. The second kappa shape index (κ2) is 25.5. The van der Waals surface area contributed by atoms with E-state index in [1.54, 1.807) is 0 Å². The molecule has 0 unspecified atom stereocenters. The largest absolute Gasteiger partial charge is 0.164 e. The molecule has 0 spiro atoms. The van der Waals surface area contributed by atoms with Gasteiger partial charge in [0.1, 0.15) is 0 Å². The number of hydrogen-bond donors (Lipinski definition) is 0. The van der Waals surface area contributed by atoms with Gasteiger partial charge in [-0.2, -0.15) is 12.1 Å². The minimum Gasteiger partial charge on any atom is -0.164 e. The van der Waals surface area contributed by atoms with E-state index < -0.39 is 0 Å². The van der Waals surface area contributed by atoms with Crippen molar-refractivity contribution in [3.05, 3.63) is 244 Å². The molecule has 0 bridgehead atoms. The molecule has 14 rings (SSSR count). The molecular weight excluding hydrogens is 1060 g/mol. The average Bonchev–Trinajstić information content (AvgIpc) is 4.33. The second-order valence-electron chi connectivity index (χ2n) is 20.5. The number of hydrogen-bond acceptors (Lipinski definition) is 0. The van der Waals surface area contributed by atoms with Crippen LogP contribution in [0.25, 0.3) is 109 Å². The van der Waals surface area contributed by atoms with Crippen molar-refractivity contribution in [1.29, 1.82) is 0 Å². The Bertz CT molecular complexity index is 3400. The molecule has 0 heterocycles. The topological polar surface area (TPSA) is 0 Å². The van der Waals surface area contributed by atoms with Gasteiger partial charge in [0.2, 0.25) is 0 Å². The predicted octanol–water partition coefficient (Wildman–Crippen LogP) is 21.2. The molecule has 12 aromatic carbocycles. The summed E-state index contributed by atoms with van der Waals surface area (Å²) in [6, 6.07) is 81.4. The fraction of sp³-hybridized carbons (Fsp3) is 0.167. The van der Waals surface area contributed by atoms with Crippen LogP contribution in [0.5, 0.6) is 0 Å². The van der Waals surface area contributed by atoms with Crippen LogP contribution >= 0.6 is 24.8 Å². The van der Waals surface area contributed by atoms with Crippen molar-refractivity contribution >= 4 is 96.3 Å². The summed E-state index contributed by atoms with van der Waals surface area (Å²) < 4.78 is 0. The van der Waals surface area contributed by atoms with Crippen LogP contribution in [0.15, 0.2) is 218 Å². The van der Waals surface area contributed by atoms with Gasteiger partial charge in [0.05, 0.1) is 0 Å². The van der Waals surface area contributed by atoms with E-state index in [2.05, 4.69) is 225 Å². The Morgan fingerprint density at radius 3 is 0.882 bits per heavy atom. The van der Waals surface area contributed by atoms with Crippen molar-refractivity contribution in [2.45, 2.75) is 64.2 Å². The fourth-order valence-corrected chi connectivity index (χ4v) is 12.8. The van der Waals surface area contributed by atoms with Crippen LogP contribution in [0, 0.1) is 26.7 Å². The van der Waals surface area contributed by atoms with E-state index in [1.807, 2.05) is 0 Å². The first-order valence-electron chi connectivity index (χ1n) is 26.3. The molecule has 2 aliphatic rings. The smallest absolute Gasteiger partial charge is 0.0114 e. The molecule has 2 aliphatic carbocycles. The molecule has 76 heavy (non-hydrogen) atoms. The molecule has 0 saturated heterocycles. The first-order valence-corrected chi connectivity index (χ1v) is 30.5. The third-order valence-corrected chi connectivity index (χ3v) is 16.2. The second-order valence-corrected chi connectivity index (χ2v) is 20.5. The van der Waals surface area contributed by atoms with Crippen molar-refractivity contribution in [1.82, 2.24) is 0 Å². The van der Waals surface area contributed by atoms with E-state index in [0.29, 0.717) is 0 Å². The van der Waals surface area contributed by atoms with E-state index in [0.717, 1.165) is 11.8 Å². The van der Waals surface area contributed by atoms with Crippen molar-refractivity contribution in [3.8, 4) is 44.5 Å². The average molecular weight is 1120 g/mol. The van der Waals surface area contributed by atoms with Crippen LogP contribution in [-0.4, -0.2) is 6.88 Å². The Morgan fingerprint density at radius 2 is 0.566 bits per heavy atom. The molecule has 2 fully saturated rings. The van der Waals surface area contributed by atoms with Gasteiger partial charge in [-0.05, 0) is 78.9 Å². The summed E-state index contributed by atoms with van der Waals surface area (Å²) >= 11 is 1.36. The summed E-state index contributed by atoms with van der Waals surface area (Å²) in [4.78, 5) is 0. The van der Waals surface area contributed by atoms with E-state index in [1.165, 1.54) is 208 Å². The van der Waals surface area contributed by atoms with Gasteiger partial charge < -0.3 is 14.9 Å². The van der Waals surface area contributed by atoms with Crippen molar-refractivity contribution in [2.24, 2.45) is 11.8 Å². The molecule has 0 nitrogen and oxygen atoms in total. The van der Waals surface area contributed by atoms with Crippen LogP contribution in [0.4, 0.5) is 0 Å². The van der Waals surface area contributed by atoms with Crippen LogP contribution in [0.1, 0.15) is 62.5 Å². The molecule has 0 atom stereocenters. The van der Waals surface area contributed by atoms with Gasteiger partial charge in [0, 0.05) is 0 Å². The van der Waals surface area contributed by atoms with Crippen molar-refractivity contribution < 1.29 is 23.3 Å². The van der Waals surface area contributed by atoms with Crippen LogP contribution < -0.4 is 0 Å². The Kier molecular flexibility index (Phi) is 18.9. The molecule has 4 heteroatoms. The monoisotopic (exact) mass is 1120 g/mol. The number of fused-ring (bicyclic) bond motifs is 6. The van der Waals surface area contributed by atoms with Gasteiger partial charge in [0.15, 0.2) is 0 Å². The third kappa shape index (κ3) is 11.1. The number of benzene rings is 10. The zero-order chi connectivity index (χ0) is 48.4. The van der Waals surface area contributed by atoms with E-state index in [4.69, 9.17) is 0 Å². The maximum Gasteiger partial charge on any atom is -0.0114 e. The SMILES string of the molecule is Cl.Cl.[CH3-].[CH3-].[Si]=[Zr].c1ccc2c(-c3ccc(-c4cccc5ccccc45)c4[cH-]c(CC5CCCC5)cc34)cccc2c1.c1ccc2c(-c3ccc(-c4cccc5ccccc45)c4[cH-]c(CC5CCCC5)cc34)cccc2c1. The first kappa shape index (κ1) is 56.3. The van der Waals surface area contributed by atoms with E-state index in [-0.39, 0.29) is 39.7 Å². The van der Waals surface area contributed by atoms with Gasteiger partial charge in [-0.3, -0.25) is 0 Å². The van der Waals surface area contributed by atoms with Gasteiger partial charge in [-0.25, -0.2) is 0 Å². The minimum atomic E-state index is 0. The normalized spacial score (nSPS) is 13.3. The standard InChI is InChI=1S/2C35H29.2CH3.2ClH.Si.Zr/c2*1-2-10-24(9-1)21-25-22-34-32(30-17-7-13-26-11-3-5-15-28(26)30)19-20-33(35(34)23-25)31-18-8-14-27-12-4-6-16-29(27)31;;;;;;/h2*3-8,11-20,22-24H,1-2,9-10,21H2;2*1H3;2*1H;;/q4*-1;;;;. The first-order chi connectivity index (χ1) is 35.7. The summed E-state index contributed by atoms with van der Waals surface area (Å²) in [5.41, 5.74) is 13.7. The van der Waals surface area contributed by atoms with Crippen LogP contribution in [-0.2, 0) is 36.2 Å². The number of halogens is 2. The zero-order valence-electron chi connectivity index (χ0n) is 43.8. The molecular formula is C72H66Cl2SiZr-4. The van der Waals surface area contributed by atoms with Gasteiger partial charge in [-0.1, -0.05) is 279 Å². The van der Waals surface area contributed by atoms with E-state index >= 15 is 0 Å². The molecule has 2 saturated carbocycles.